The van der Waals surface area contributed by atoms with Crippen molar-refractivity contribution >= 4 is 40.4 Å². The Morgan fingerprint density at radius 2 is 1.76 bits per heavy atom. The van der Waals surface area contributed by atoms with Gasteiger partial charge in [0.2, 0.25) is 5.76 Å². The molecule has 0 spiro atoms. The number of ether oxygens (including phenoxy) is 2. The van der Waals surface area contributed by atoms with Crippen LogP contribution in [-0.4, -0.2) is 35.6 Å². The van der Waals surface area contributed by atoms with Crippen molar-refractivity contribution in [1.82, 2.24) is 4.57 Å². The Morgan fingerprint density at radius 3 is 2.45 bits per heavy atom. The second-order valence-corrected chi connectivity index (χ2v) is 10.5. The first-order valence-corrected chi connectivity index (χ1v) is 14.1. The molecule has 2 aromatic heterocycles. The highest BCUT2D eigenvalue weighted by Gasteiger charge is 2.37. The molecule has 1 unspecified atom stereocenters. The Bertz CT molecular complexity index is 1950. The zero-order chi connectivity index (χ0) is 29.5. The number of benzene rings is 2. The number of allylic oxidation sites excluding steroid dienone is 1. The summed E-state index contributed by atoms with van der Waals surface area (Å²) in [5.41, 5.74) is 2.46. The second kappa shape index (κ2) is 10.7. The molecule has 0 N–H and O–H groups in total. The highest BCUT2D eigenvalue weighted by atomic mass is 32.1. The number of aromatic nitrogens is 1. The number of thiazole rings is 1. The predicted octanol–water partition coefficient (Wildman–Crippen LogP) is 3.35. The summed E-state index contributed by atoms with van der Waals surface area (Å²) < 4.78 is 17.5. The topological polar surface area (TPSA) is 120 Å². The Labute approximate surface area is 243 Å². The van der Waals surface area contributed by atoms with E-state index in [1.54, 1.807) is 49.1 Å². The molecular weight excluding hydrogens is 558 g/mol. The van der Waals surface area contributed by atoms with Crippen molar-refractivity contribution < 1.29 is 28.3 Å². The lowest BCUT2D eigenvalue weighted by Gasteiger charge is -2.24. The van der Waals surface area contributed by atoms with Gasteiger partial charge in [0.15, 0.2) is 4.80 Å². The van der Waals surface area contributed by atoms with Crippen LogP contribution in [0.5, 0.6) is 5.75 Å². The molecule has 4 heterocycles. The van der Waals surface area contributed by atoms with E-state index in [1.165, 1.54) is 16.9 Å². The fraction of sp³-hybridized carbons (Fsp3) is 0.194. The van der Waals surface area contributed by atoms with Gasteiger partial charge >= 0.3 is 11.9 Å². The molecule has 1 amide bonds. The summed E-state index contributed by atoms with van der Waals surface area (Å²) >= 11 is 1.11. The van der Waals surface area contributed by atoms with Crippen LogP contribution in [0, 0.1) is 0 Å². The lowest BCUT2D eigenvalue weighted by Crippen LogP contribution is -2.41. The number of nitrogens with zero attached hydrogens (tertiary/aromatic N) is 3. The Hall–Kier alpha value is -5.03. The minimum Gasteiger partial charge on any atom is -0.463 e. The van der Waals surface area contributed by atoms with Crippen LogP contribution in [0.2, 0.25) is 0 Å². The molecule has 212 valence electrons. The minimum atomic E-state index is -0.890. The van der Waals surface area contributed by atoms with Crippen molar-refractivity contribution in [3.8, 4) is 5.75 Å². The number of anilines is 1. The van der Waals surface area contributed by atoms with Crippen LogP contribution >= 0.6 is 11.3 Å². The zero-order valence-corrected chi connectivity index (χ0v) is 23.8. The highest BCUT2D eigenvalue weighted by Crippen LogP contribution is 2.35. The van der Waals surface area contributed by atoms with Crippen LogP contribution in [0.3, 0.4) is 0 Å². The first-order valence-electron chi connectivity index (χ1n) is 13.3. The summed E-state index contributed by atoms with van der Waals surface area (Å²) in [5, 5.41) is 0. The van der Waals surface area contributed by atoms with E-state index in [9.17, 15) is 19.2 Å². The molecule has 10 nitrogen and oxygen atoms in total. The third-order valence-corrected chi connectivity index (χ3v) is 8.14. The molecule has 0 aliphatic carbocycles. The van der Waals surface area contributed by atoms with Crippen LogP contribution in [0.15, 0.2) is 92.4 Å². The lowest BCUT2D eigenvalue weighted by atomic mass is 9.96. The zero-order valence-electron chi connectivity index (χ0n) is 23.0. The average Bonchev–Trinajstić information content (AvgIpc) is 3.69. The second-order valence-electron chi connectivity index (χ2n) is 9.50. The van der Waals surface area contributed by atoms with Gasteiger partial charge in [-0.25, -0.2) is 14.6 Å². The first kappa shape index (κ1) is 27.2. The largest absolute Gasteiger partial charge is 0.463 e. The van der Waals surface area contributed by atoms with Gasteiger partial charge in [-0.3, -0.25) is 14.2 Å². The van der Waals surface area contributed by atoms with Gasteiger partial charge < -0.3 is 18.8 Å². The number of hydrogen-bond donors (Lipinski definition) is 0. The van der Waals surface area contributed by atoms with E-state index < -0.39 is 23.5 Å². The maximum Gasteiger partial charge on any atom is 0.379 e. The monoisotopic (exact) mass is 583 g/mol. The van der Waals surface area contributed by atoms with Gasteiger partial charge in [0.1, 0.15) is 10.3 Å². The van der Waals surface area contributed by atoms with Crippen molar-refractivity contribution in [2.24, 2.45) is 4.99 Å². The van der Waals surface area contributed by atoms with Gasteiger partial charge in [-0.2, -0.15) is 0 Å². The third-order valence-electron chi connectivity index (χ3n) is 7.09. The van der Waals surface area contributed by atoms with E-state index in [1.807, 2.05) is 31.2 Å². The van der Waals surface area contributed by atoms with E-state index in [4.69, 9.17) is 13.9 Å². The molecule has 0 saturated carbocycles. The molecule has 2 aromatic carbocycles. The molecule has 0 radical (unpaired) electrons. The predicted molar refractivity (Wildman–Crippen MR) is 154 cm³/mol. The number of para-hydroxylation sites is 1. The number of likely N-dealkylation sites (N-methyl/N-ethyl adjacent to an activating group) is 1. The number of furan rings is 1. The minimum absolute atomic E-state index is 0.0558. The average molecular weight is 584 g/mol. The van der Waals surface area contributed by atoms with Crippen LogP contribution < -0.4 is 24.5 Å². The highest BCUT2D eigenvalue weighted by molar-refractivity contribution is 7.07. The number of carbonyl (C=O) groups is 3. The lowest BCUT2D eigenvalue weighted by molar-refractivity contribution is -0.139. The number of amides is 1. The number of rotatable bonds is 6. The van der Waals surface area contributed by atoms with Gasteiger partial charge in [0, 0.05) is 12.1 Å². The van der Waals surface area contributed by atoms with E-state index in [0.717, 1.165) is 17.0 Å². The van der Waals surface area contributed by atoms with Crippen molar-refractivity contribution in [3.05, 3.63) is 115 Å². The first-order chi connectivity index (χ1) is 20.3. The maximum absolute atomic E-state index is 14.2. The fourth-order valence-corrected chi connectivity index (χ4v) is 6.38. The molecule has 6 rings (SSSR count). The summed E-state index contributed by atoms with van der Waals surface area (Å²) in [6.07, 6.45) is 1.37. The molecule has 2 aliphatic rings. The van der Waals surface area contributed by atoms with Crippen LogP contribution in [0.1, 0.15) is 48.5 Å². The van der Waals surface area contributed by atoms with E-state index in [-0.39, 0.29) is 34.1 Å². The molecule has 1 atom stereocenters. The summed E-state index contributed by atoms with van der Waals surface area (Å²) in [4.78, 5) is 59.9. The normalized spacial score (nSPS) is 17.1. The quantitative estimate of drug-likeness (QED) is 0.252. The molecule has 0 fully saturated rings. The van der Waals surface area contributed by atoms with Crippen molar-refractivity contribution in [1.29, 1.82) is 0 Å². The van der Waals surface area contributed by atoms with Crippen molar-refractivity contribution in [2.45, 2.75) is 26.8 Å². The summed E-state index contributed by atoms with van der Waals surface area (Å²) in [5.74, 6) is -1.21. The van der Waals surface area contributed by atoms with Gasteiger partial charge in [-0.05, 0) is 56.7 Å². The standard InChI is InChI=1S/C31H25N3O7S/c1-4-33-21-10-7-6-9-20(21)24(27(33)35)26-28(36)34-25(23(30(38)39-5-2)17(3)32-31(34)42-26)18-12-14-19(15-13-18)41-29(37)22-11-8-16-40-22/h6-16,25H,4-5H2,1-3H3. The molecule has 4 aromatic rings. The molecule has 2 aliphatic heterocycles. The van der Waals surface area contributed by atoms with Gasteiger partial charge in [0.05, 0.1) is 41.4 Å². The third kappa shape index (κ3) is 4.38. The molecule has 42 heavy (non-hydrogen) atoms. The molecular formula is C31H25N3O7S. The molecule has 0 bridgehead atoms. The Balaban J connectivity index is 1.51. The summed E-state index contributed by atoms with van der Waals surface area (Å²) in [7, 11) is 0. The fourth-order valence-electron chi connectivity index (χ4n) is 5.24. The van der Waals surface area contributed by atoms with E-state index in [0.29, 0.717) is 33.7 Å². The maximum atomic E-state index is 14.2. The number of fused-ring (bicyclic) bond motifs is 2. The van der Waals surface area contributed by atoms with Crippen molar-refractivity contribution in [3.63, 3.8) is 0 Å². The van der Waals surface area contributed by atoms with Gasteiger partial charge in [0.25, 0.3) is 11.5 Å². The molecule has 11 heteroatoms. The summed E-state index contributed by atoms with van der Waals surface area (Å²) in [6, 6.07) is 16.0. The van der Waals surface area contributed by atoms with Gasteiger partial charge in [-0.15, -0.1) is 0 Å². The Kier molecular flexibility index (Phi) is 6.95. The van der Waals surface area contributed by atoms with Gasteiger partial charge in [-0.1, -0.05) is 41.7 Å². The van der Waals surface area contributed by atoms with E-state index >= 15 is 0 Å². The summed E-state index contributed by atoms with van der Waals surface area (Å²) in [6.45, 7) is 5.85. The van der Waals surface area contributed by atoms with Crippen LogP contribution in [-0.2, 0) is 14.3 Å². The number of esters is 2. The SMILES string of the molecule is CCOC(=O)C1=C(C)N=c2sc(=C3C(=O)N(CC)c4ccccc43)c(=O)n2C1c1ccc(OC(=O)c2ccco2)cc1. The Morgan fingerprint density at radius 1 is 1.00 bits per heavy atom. The van der Waals surface area contributed by atoms with Crippen LogP contribution in [0.25, 0.3) is 5.57 Å². The smallest absolute Gasteiger partial charge is 0.379 e. The van der Waals surface area contributed by atoms with E-state index in [2.05, 4.69) is 4.99 Å². The number of carbonyl (C=O) groups excluding carboxylic acids is 3. The van der Waals surface area contributed by atoms with Crippen molar-refractivity contribution in [2.75, 3.05) is 18.1 Å². The molecule has 0 saturated heterocycles. The number of hydrogen-bond acceptors (Lipinski definition) is 9. The van der Waals surface area contributed by atoms with Crippen LogP contribution in [0.4, 0.5) is 5.69 Å².